The Morgan fingerprint density at radius 2 is 2.17 bits per heavy atom. The third kappa shape index (κ3) is 5.22. The lowest BCUT2D eigenvalue weighted by atomic mass is 10.1. The summed E-state index contributed by atoms with van der Waals surface area (Å²) in [4.78, 5) is 0. The fourth-order valence-electron chi connectivity index (χ4n) is 2.24. The van der Waals surface area contributed by atoms with E-state index >= 15 is 0 Å². The third-order valence-corrected chi connectivity index (χ3v) is 5.05. The molecule has 1 saturated heterocycles. The molecule has 1 aliphatic rings. The van der Waals surface area contributed by atoms with E-state index < -0.39 is 10.0 Å². The smallest absolute Gasteiger partial charge is 0.216 e. The van der Waals surface area contributed by atoms with E-state index in [1.54, 1.807) is 4.31 Å². The zero-order chi connectivity index (χ0) is 13.4. The first-order valence-electron chi connectivity index (χ1n) is 6.80. The zero-order valence-electron chi connectivity index (χ0n) is 11.5. The van der Waals surface area contributed by atoms with E-state index in [0.717, 1.165) is 19.4 Å². The van der Waals surface area contributed by atoms with Crippen molar-refractivity contribution >= 4 is 10.0 Å². The van der Waals surface area contributed by atoms with E-state index in [2.05, 4.69) is 5.32 Å². The Bertz CT molecular complexity index is 313. The van der Waals surface area contributed by atoms with Crippen LogP contribution >= 0.6 is 0 Å². The lowest BCUT2D eigenvalue weighted by Gasteiger charge is -2.29. The van der Waals surface area contributed by atoms with Crippen molar-refractivity contribution in [3.63, 3.8) is 0 Å². The van der Waals surface area contributed by atoms with Crippen molar-refractivity contribution in [1.82, 2.24) is 9.62 Å². The van der Waals surface area contributed by atoms with Gasteiger partial charge in [0.05, 0.1) is 12.4 Å². The molecule has 0 aliphatic carbocycles. The van der Waals surface area contributed by atoms with Crippen molar-refractivity contribution in [1.29, 1.82) is 0 Å². The second-order valence-electron chi connectivity index (χ2n) is 4.81. The number of rotatable bonds is 8. The number of ether oxygens (including phenoxy) is 1. The van der Waals surface area contributed by atoms with E-state index in [4.69, 9.17) is 4.74 Å². The van der Waals surface area contributed by atoms with Crippen LogP contribution in [0.15, 0.2) is 0 Å². The Morgan fingerprint density at radius 3 is 2.72 bits per heavy atom. The normalized spacial score (nSPS) is 21.4. The molecule has 0 radical (unpaired) electrons. The molecule has 0 aromatic carbocycles. The molecule has 1 aliphatic heterocycles. The maximum Gasteiger partial charge on any atom is 0.216 e. The van der Waals surface area contributed by atoms with Crippen LogP contribution in [0, 0.1) is 0 Å². The molecule has 0 bridgehead atoms. The molecule has 1 atom stereocenters. The fraction of sp³-hybridized carbons (Fsp3) is 1.00. The summed E-state index contributed by atoms with van der Waals surface area (Å²) in [5.41, 5.74) is 0. The lowest BCUT2D eigenvalue weighted by Crippen LogP contribution is -2.46. The molecule has 18 heavy (non-hydrogen) atoms. The molecule has 1 unspecified atom stereocenters. The van der Waals surface area contributed by atoms with Crippen LogP contribution in [0.3, 0.4) is 0 Å². The van der Waals surface area contributed by atoms with E-state index in [-0.39, 0.29) is 12.4 Å². The van der Waals surface area contributed by atoms with Gasteiger partial charge in [-0.3, -0.25) is 0 Å². The van der Waals surface area contributed by atoms with Crippen molar-refractivity contribution in [3.05, 3.63) is 0 Å². The summed E-state index contributed by atoms with van der Waals surface area (Å²) in [6, 6.07) is 0.308. The summed E-state index contributed by atoms with van der Waals surface area (Å²) in [5.74, 6) is 0.0796. The molecule has 0 aromatic heterocycles. The molecule has 1 heterocycles. The number of hydrogen-bond acceptors (Lipinski definition) is 4. The SMILES string of the molecule is CCCN(CC1CCCCN1)S(=O)(=O)CCOC. The zero-order valence-corrected chi connectivity index (χ0v) is 12.3. The number of nitrogens with zero attached hydrogens (tertiary/aromatic N) is 1. The van der Waals surface area contributed by atoms with Crippen molar-refractivity contribution < 1.29 is 13.2 Å². The first-order chi connectivity index (χ1) is 8.60. The summed E-state index contributed by atoms with van der Waals surface area (Å²) in [7, 11) is -1.65. The van der Waals surface area contributed by atoms with Gasteiger partial charge < -0.3 is 10.1 Å². The van der Waals surface area contributed by atoms with Gasteiger partial charge in [-0.05, 0) is 25.8 Å². The second-order valence-corrected chi connectivity index (χ2v) is 6.90. The number of nitrogens with one attached hydrogen (secondary N) is 1. The molecule has 5 nitrogen and oxygen atoms in total. The van der Waals surface area contributed by atoms with Gasteiger partial charge in [0.15, 0.2) is 0 Å². The lowest BCUT2D eigenvalue weighted by molar-refractivity contribution is 0.214. The van der Waals surface area contributed by atoms with Gasteiger partial charge in [0.25, 0.3) is 0 Å². The van der Waals surface area contributed by atoms with Crippen LogP contribution in [-0.2, 0) is 14.8 Å². The number of piperidine rings is 1. The molecular weight excluding hydrogens is 252 g/mol. The Balaban J connectivity index is 2.56. The van der Waals surface area contributed by atoms with Gasteiger partial charge in [0.1, 0.15) is 0 Å². The van der Waals surface area contributed by atoms with Crippen molar-refractivity contribution in [2.75, 3.05) is 39.1 Å². The topological polar surface area (TPSA) is 58.6 Å². The van der Waals surface area contributed by atoms with Crippen LogP contribution < -0.4 is 5.32 Å². The summed E-state index contributed by atoms with van der Waals surface area (Å²) < 4.78 is 30.8. The molecule has 1 rings (SSSR count). The van der Waals surface area contributed by atoms with Gasteiger partial charge in [-0.1, -0.05) is 13.3 Å². The molecule has 108 valence electrons. The van der Waals surface area contributed by atoms with Crippen LogP contribution in [0.25, 0.3) is 0 Å². The van der Waals surface area contributed by atoms with E-state index in [0.29, 0.717) is 19.1 Å². The van der Waals surface area contributed by atoms with Crippen molar-refractivity contribution in [2.24, 2.45) is 0 Å². The minimum absolute atomic E-state index is 0.0796. The van der Waals surface area contributed by atoms with Gasteiger partial charge in [0, 0.05) is 26.2 Å². The standard InChI is InChI=1S/C12H26N2O3S/c1-3-8-14(18(15,16)10-9-17-2)11-12-6-4-5-7-13-12/h12-13H,3-11H2,1-2H3. The highest BCUT2D eigenvalue weighted by Crippen LogP contribution is 2.12. The van der Waals surface area contributed by atoms with Gasteiger partial charge in [0.2, 0.25) is 10.0 Å². The summed E-state index contributed by atoms with van der Waals surface area (Å²) in [6.45, 7) is 4.47. The monoisotopic (exact) mass is 278 g/mol. The van der Waals surface area contributed by atoms with Crippen LogP contribution in [0.1, 0.15) is 32.6 Å². The van der Waals surface area contributed by atoms with Gasteiger partial charge >= 0.3 is 0 Å². The fourth-order valence-corrected chi connectivity index (χ4v) is 3.74. The predicted molar refractivity (Wildman–Crippen MR) is 73.2 cm³/mol. The van der Waals surface area contributed by atoms with Gasteiger partial charge in [-0.25, -0.2) is 12.7 Å². The van der Waals surface area contributed by atoms with Gasteiger partial charge in [-0.15, -0.1) is 0 Å². The number of methoxy groups -OCH3 is 1. The highest BCUT2D eigenvalue weighted by molar-refractivity contribution is 7.89. The van der Waals surface area contributed by atoms with Crippen LogP contribution in [0.5, 0.6) is 0 Å². The largest absolute Gasteiger partial charge is 0.384 e. The van der Waals surface area contributed by atoms with Crippen LogP contribution in [0.4, 0.5) is 0 Å². The van der Waals surface area contributed by atoms with Crippen molar-refractivity contribution in [3.8, 4) is 0 Å². The quantitative estimate of drug-likeness (QED) is 0.714. The molecule has 0 spiro atoms. The summed E-state index contributed by atoms with van der Waals surface area (Å²) in [6.07, 6.45) is 4.30. The average molecular weight is 278 g/mol. The Morgan fingerprint density at radius 1 is 1.39 bits per heavy atom. The molecule has 0 aromatic rings. The number of sulfonamides is 1. The molecule has 1 fully saturated rings. The first kappa shape index (κ1) is 15.9. The maximum atomic E-state index is 12.2. The Kier molecular flexibility index (Phi) is 7.14. The maximum absolute atomic E-state index is 12.2. The first-order valence-corrected chi connectivity index (χ1v) is 8.41. The summed E-state index contributed by atoms with van der Waals surface area (Å²) in [5, 5.41) is 3.40. The average Bonchev–Trinajstić information content (AvgIpc) is 2.37. The van der Waals surface area contributed by atoms with E-state index in [1.165, 1.54) is 20.0 Å². The van der Waals surface area contributed by atoms with Crippen LogP contribution in [-0.4, -0.2) is 57.9 Å². The third-order valence-electron chi connectivity index (χ3n) is 3.25. The second kappa shape index (κ2) is 8.09. The van der Waals surface area contributed by atoms with Crippen molar-refractivity contribution in [2.45, 2.75) is 38.6 Å². The van der Waals surface area contributed by atoms with Crippen LogP contribution in [0.2, 0.25) is 0 Å². The van der Waals surface area contributed by atoms with Gasteiger partial charge in [-0.2, -0.15) is 0 Å². The minimum atomic E-state index is -3.18. The minimum Gasteiger partial charge on any atom is -0.384 e. The summed E-state index contributed by atoms with van der Waals surface area (Å²) >= 11 is 0. The number of hydrogen-bond donors (Lipinski definition) is 1. The predicted octanol–water partition coefficient (Wildman–Crippen LogP) is 0.817. The van der Waals surface area contributed by atoms with E-state index in [1.807, 2.05) is 6.92 Å². The highest BCUT2D eigenvalue weighted by Gasteiger charge is 2.25. The molecule has 1 N–H and O–H groups in total. The molecule has 6 heteroatoms. The van der Waals surface area contributed by atoms with E-state index in [9.17, 15) is 8.42 Å². The molecule has 0 saturated carbocycles. The highest BCUT2D eigenvalue weighted by atomic mass is 32.2. The Hall–Kier alpha value is -0.170. The molecular formula is C12H26N2O3S. The Labute approximate surface area is 111 Å². The molecule has 0 amide bonds.